The molecule has 3 aromatic rings. The SMILES string of the molecule is Cc1cc(CN2Cc3cncn3C(C(=O)NCCc3cccs3)C2)no1.O=C(O)C(F)(F)F. The summed E-state index contributed by atoms with van der Waals surface area (Å²) >= 11 is 1.71. The van der Waals surface area contributed by atoms with E-state index in [4.69, 9.17) is 14.4 Å². The van der Waals surface area contributed by atoms with Crippen molar-refractivity contribution < 1.29 is 32.4 Å². The molecule has 1 amide bonds. The molecule has 0 bridgehead atoms. The predicted octanol–water partition coefficient (Wildman–Crippen LogP) is 2.79. The van der Waals surface area contributed by atoms with Gasteiger partial charge in [0.05, 0.1) is 17.7 Å². The van der Waals surface area contributed by atoms with Crippen LogP contribution in [0.3, 0.4) is 0 Å². The van der Waals surface area contributed by atoms with Crippen molar-refractivity contribution >= 4 is 23.2 Å². The molecule has 9 nitrogen and oxygen atoms in total. The molecule has 3 aromatic heterocycles. The van der Waals surface area contributed by atoms with Crippen molar-refractivity contribution in [2.24, 2.45) is 0 Å². The van der Waals surface area contributed by atoms with Crippen LogP contribution in [0.2, 0.25) is 0 Å². The maximum Gasteiger partial charge on any atom is 0.490 e. The van der Waals surface area contributed by atoms with Gasteiger partial charge in [0.25, 0.3) is 0 Å². The van der Waals surface area contributed by atoms with Crippen LogP contribution in [0.1, 0.15) is 28.1 Å². The van der Waals surface area contributed by atoms with Crippen LogP contribution in [0.25, 0.3) is 0 Å². The summed E-state index contributed by atoms with van der Waals surface area (Å²) in [4.78, 5) is 29.4. The maximum absolute atomic E-state index is 12.8. The van der Waals surface area contributed by atoms with Crippen LogP contribution in [-0.2, 0) is 29.1 Å². The number of halogens is 3. The Balaban J connectivity index is 0.000000383. The lowest BCUT2D eigenvalue weighted by Crippen LogP contribution is -2.44. The number of aromatic nitrogens is 3. The summed E-state index contributed by atoms with van der Waals surface area (Å²) < 4.78 is 38.9. The van der Waals surface area contributed by atoms with Gasteiger partial charge in [-0.15, -0.1) is 11.3 Å². The van der Waals surface area contributed by atoms with E-state index in [1.807, 2.05) is 29.8 Å². The number of rotatable bonds is 6. The summed E-state index contributed by atoms with van der Waals surface area (Å²) in [7, 11) is 0. The van der Waals surface area contributed by atoms with E-state index >= 15 is 0 Å². The van der Waals surface area contributed by atoms with Gasteiger partial charge in [0, 0.05) is 43.3 Å². The van der Waals surface area contributed by atoms with E-state index in [-0.39, 0.29) is 11.9 Å². The zero-order valence-electron chi connectivity index (χ0n) is 17.6. The van der Waals surface area contributed by atoms with Crippen molar-refractivity contribution in [1.29, 1.82) is 0 Å². The van der Waals surface area contributed by atoms with Crippen molar-refractivity contribution in [2.75, 3.05) is 13.1 Å². The van der Waals surface area contributed by atoms with Crippen LogP contribution in [0.4, 0.5) is 13.2 Å². The van der Waals surface area contributed by atoms with E-state index in [1.165, 1.54) is 4.88 Å². The Kier molecular flexibility index (Phi) is 7.87. The summed E-state index contributed by atoms with van der Waals surface area (Å²) in [5.74, 6) is -1.93. The van der Waals surface area contributed by atoms with Gasteiger partial charge in [-0.05, 0) is 24.8 Å². The smallest absolute Gasteiger partial charge is 0.475 e. The largest absolute Gasteiger partial charge is 0.490 e. The van der Waals surface area contributed by atoms with Gasteiger partial charge < -0.3 is 19.5 Å². The molecule has 1 aliphatic rings. The van der Waals surface area contributed by atoms with Crippen LogP contribution in [0.15, 0.2) is 40.6 Å². The molecular weight excluding hydrogens is 463 g/mol. The summed E-state index contributed by atoms with van der Waals surface area (Å²) in [6.45, 7) is 4.54. The second-order valence-corrected chi connectivity index (χ2v) is 8.36. The second kappa shape index (κ2) is 10.6. The molecule has 0 aromatic carbocycles. The van der Waals surface area contributed by atoms with E-state index < -0.39 is 12.1 Å². The van der Waals surface area contributed by atoms with Crippen LogP contribution in [0, 0.1) is 6.92 Å². The van der Waals surface area contributed by atoms with Gasteiger partial charge in [-0.1, -0.05) is 11.2 Å². The zero-order chi connectivity index (χ0) is 24.0. The highest BCUT2D eigenvalue weighted by Crippen LogP contribution is 2.23. The van der Waals surface area contributed by atoms with E-state index in [0.717, 1.165) is 30.1 Å². The first-order valence-corrected chi connectivity index (χ1v) is 10.8. The highest BCUT2D eigenvalue weighted by molar-refractivity contribution is 7.09. The summed E-state index contributed by atoms with van der Waals surface area (Å²) in [5, 5.41) is 16.3. The summed E-state index contributed by atoms with van der Waals surface area (Å²) in [5.41, 5.74) is 1.92. The molecule has 1 aliphatic heterocycles. The average molecular weight is 485 g/mol. The number of carbonyl (C=O) groups is 2. The number of carboxylic acid groups (broad SMARTS) is 1. The monoisotopic (exact) mass is 485 g/mol. The molecule has 2 N–H and O–H groups in total. The van der Waals surface area contributed by atoms with Crippen molar-refractivity contribution in [2.45, 2.75) is 38.7 Å². The van der Waals surface area contributed by atoms with Crippen molar-refractivity contribution in [1.82, 2.24) is 24.9 Å². The molecular formula is C20H22F3N5O4S. The number of aliphatic carboxylic acids is 1. The molecule has 0 saturated heterocycles. The molecule has 33 heavy (non-hydrogen) atoms. The predicted molar refractivity (Wildman–Crippen MR) is 111 cm³/mol. The minimum atomic E-state index is -5.08. The quantitative estimate of drug-likeness (QED) is 0.552. The van der Waals surface area contributed by atoms with Gasteiger partial charge in [0.15, 0.2) is 0 Å². The van der Waals surface area contributed by atoms with Gasteiger partial charge in [0.2, 0.25) is 5.91 Å². The second-order valence-electron chi connectivity index (χ2n) is 7.33. The lowest BCUT2D eigenvalue weighted by atomic mass is 10.1. The maximum atomic E-state index is 12.8. The molecule has 4 rings (SSSR count). The Morgan fingerprint density at radius 1 is 1.39 bits per heavy atom. The number of aryl methyl sites for hydroxylation is 1. The third kappa shape index (κ3) is 6.89. The minimum Gasteiger partial charge on any atom is -0.475 e. The third-order valence-corrected chi connectivity index (χ3v) is 5.69. The number of nitrogens with one attached hydrogen (secondary N) is 1. The highest BCUT2D eigenvalue weighted by Gasteiger charge is 2.38. The number of alkyl halides is 3. The molecule has 1 atom stereocenters. The van der Waals surface area contributed by atoms with Crippen molar-refractivity contribution in [3.63, 3.8) is 0 Å². The molecule has 1 unspecified atom stereocenters. The van der Waals surface area contributed by atoms with Gasteiger partial charge in [-0.3, -0.25) is 9.69 Å². The Morgan fingerprint density at radius 3 is 2.76 bits per heavy atom. The number of carbonyl (C=O) groups excluding carboxylic acids is 1. The number of nitrogens with zero attached hydrogens (tertiary/aromatic N) is 4. The average Bonchev–Trinajstić information content (AvgIpc) is 3.49. The first-order valence-electron chi connectivity index (χ1n) is 9.89. The van der Waals surface area contributed by atoms with Gasteiger partial charge in [-0.2, -0.15) is 13.2 Å². The van der Waals surface area contributed by atoms with E-state index in [0.29, 0.717) is 19.6 Å². The number of amides is 1. The first-order chi connectivity index (χ1) is 15.6. The molecule has 178 valence electrons. The number of thiophene rings is 1. The molecule has 4 heterocycles. The first kappa shape index (κ1) is 24.5. The fourth-order valence-corrected chi connectivity index (χ4v) is 4.00. The van der Waals surface area contributed by atoms with E-state index in [1.54, 1.807) is 17.7 Å². The van der Waals surface area contributed by atoms with Crippen LogP contribution in [-0.4, -0.2) is 55.9 Å². The van der Waals surface area contributed by atoms with Crippen molar-refractivity contribution in [3.8, 4) is 0 Å². The fraction of sp³-hybridized carbons (Fsp3) is 0.400. The highest BCUT2D eigenvalue weighted by atomic mass is 32.1. The molecule has 13 heteroatoms. The Morgan fingerprint density at radius 2 is 2.15 bits per heavy atom. The lowest BCUT2D eigenvalue weighted by molar-refractivity contribution is -0.192. The topological polar surface area (TPSA) is 113 Å². The van der Waals surface area contributed by atoms with E-state index in [9.17, 15) is 18.0 Å². The third-order valence-electron chi connectivity index (χ3n) is 4.76. The number of hydrogen-bond acceptors (Lipinski definition) is 7. The van der Waals surface area contributed by atoms with Crippen molar-refractivity contribution in [3.05, 3.63) is 58.1 Å². The van der Waals surface area contributed by atoms with Gasteiger partial charge >= 0.3 is 12.1 Å². The van der Waals surface area contributed by atoms with E-state index in [2.05, 4.69) is 31.8 Å². The zero-order valence-corrected chi connectivity index (χ0v) is 18.4. The molecule has 0 fully saturated rings. The van der Waals surface area contributed by atoms with Crippen LogP contribution in [0.5, 0.6) is 0 Å². The number of fused-ring (bicyclic) bond motifs is 1. The number of carboxylic acids is 1. The Bertz CT molecular complexity index is 1060. The van der Waals surface area contributed by atoms with Crippen LogP contribution >= 0.6 is 11.3 Å². The summed E-state index contributed by atoms with van der Waals surface area (Å²) in [6, 6.07) is 5.77. The molecule has 0 radical (unpaired) electrons. The molecule has 0 saturated carbocycles. The Labute approximate surface area is 190 Å². The minimum absolute atomic E-state index is 0.0295. The normalized spacial score (nSPS) is 15.9. The van der Waals surface area contributed by atoms with Crippen LogP contribution < -0.4 is 5.32 Å². The molecule has 0 spiro atoms. The summed E-state index contributed by atoms with van der Waals surface area (Å²) in [6.07, 6.45) is -0.655. The lowest BCUT2D eigenvalue weighted by Gasteiger charge is -2.33. The standard InChI is InChI=1S/C18H21N5O2S.C2HF3O2/c1-13-7-14(21-25-13)9-22-10-15-8-19-12-23(15)17(11-22)18(24)20-5-4-16-3-2-6-26-16;3-2(4,5)1(6)7/h2-3,6-8,12,17H,4-5,9-11H2,1H3,(H,20,24);(H,6,7). The number of hydrogen-bond donors (Lipinski definition) is 2. The van der Waals surface area contributed by atoms with Gasteiger partial charge in [-0.25, -0.2) is 9.78 Å². The fourth-order valence-electron chi connectivity index (χ4n) is 3.29. The Hall–Kier alpha value is -3.19. The molecule has 0 aliphatic carbocycles. The van der Waals surface area contributed by atoms with Gasteiger partial charge in [0.1, 0.15) is 11.8 Å². The number of imidazole rings is 1.